The minimum atomic E-state index is -0.330. The van der Waals surface area contributed by atoms with Gasteiger partial charge in [0, 0.05) is 6.04 Å². The minimum Gasteiger partial charge on any atom is -0.465 e. The van der Waals surface area contributed by atoms with E-state index in [4.69, 9.17) is 10.5 Å². The van der Waals surface area contributed by atoms with Crippen LogP contribution in [0.3, 0.4) is 0 Å². The van der Waals surface area contributed by atoms with Crippen molar-refractivity contribution in [1.82, 2.24) is 9.55 Å². The lowest BCUT2D eigenvalue weighted by Gasteiger charge is -2.11. The van der Waals surface area contributed by atoms with E-state index >= 15 is 0 Å². The number of aromatic nitrogens is 2. The molecule has 1 saturated carbocycles. The Morgan fingerprint density at radius 2 is 2.26 bits per heavy atom. The van der Waals surface area contributed by atoms with Gasteiger partial charge in [-0.1, -0.05) is 6.07 Å². The van der Waals surface area contributed by atoms with Crippen molar-refractivity contribution in [3.05, 3.63) is 29.6 Å². The lowest BCUT2D eigenvalue weighted by molar-refractivity contribution is 0.0602. The smallest absolute Gasteiger partial charge is 0.340 e. The maximum Gasteiger partial charge on any atom is 0.340 e. The molecule has 100 valence electrons. The van der Waals surface area contributed by atoms with Gasteiger partial charge in [-0.05, 0) is 31.9 Å². The number of imidazole rings is 1. The van der Waals surface area contributed by atoms with Gasteiger partial charge in [0.25, 0.3) is 0 Å². The van der Waals surface area contributed by atoms with E-state index in [2.05, 4.69) is 9.55 Å². The third kappa shape index (κ3) is 1.90. The van der Waals surface area contributed by atoms with Crippen LogP contribution in [0.2, 0.25) is 0 Å². The predicted octanol–water partition coefficient (Wildman–Crippen LogP) is 2.18. The van der Waals surface area contributed by atoms with Crippen molar-refractivity contribution in [3.8, 4) is 0 Å². The monoisotopic (exact) mass is 259 g/mol. The van der Waals surface area contributed by atoms with Crippen molar-refractivity contribution in [3.63, 3.8) is 0 Å². The number of nitrogens with zero attached hydrogens (tertiary/aromatic N) is 2. The standard InChI is InChI=1S/C14H17N3O2/c1-8(15)13-16-11-5-3-4-10(14(18)19-2)12(11)17(13)9-6-7-9/h3-5,8-9H,6-7,15H2,1-2H3/t8-/m0/s1. The first kappa shape index (κ1) is 12.2. The van der Waals surface area contributed by atoms with Gasteiger partial charge in [0.05, 0.1) is 29.7 Å². The largest absolute Gasteiger partial charge is 0.465 e. The Morgan fingerprint density at radius 3 is 2.84 bits per heavy atom. The van der Waals surface area contributed by atoms with Crippen LogP contribution >= 0.6 is 0 Å². The third-order valence-corrected chi connectivity index (χ3v) is 3.46. The lowest BCUT2D eigenvalue weighted by atomic mass is 10.2. The molecular weight excluding hydrogens is 242 g/mol. The third-order valence-electron chi connectivity index (χ3n) is 3.46. The second-order valence-electron chi connectivity index (χ2n) is 5.02. The van der Waals surface area contributed by atoms with Crippen molar-refractivity contribution in [1.29, 1.82) is 0 Å². The molecule has 1 aromatic heterocycles. The molecule has 0 saturated heterocycles. The van der Waals surface area contributed by atoms with E-state index in [9.17, 15) is 4.79 Å². The molecule has 2 N–H and O–H groups in total. The number of esters is 1. The summed E-state index contributed by atoms with van der Waals surface area (Å²) in [5.74, 6) is 0.512. The molecule has 1 aromatic carbocycles. The fourth-order valence-corrected chi connectivity index (χ4v) is 2.46. The summed E-state index contributed by atoms with van der Waals surface area (Å²) in [6.45, 7) is 1.91. The summed E-state index contributed by atoms with van der Waals surface area (Å²) >= 11 is 0. The molecule has 0 unspecified atom stereocenters. The highest BCUT2D eigenvalue weighted by Crippen LogP contribution is 2.40. The number of fused-ring (bicyclic) bond motifs is 1. The summed E-state index contributed by atoms with van der Waals surface area (Å²) in [7, 11) is 1.39. The zero-order valence-electron chi connectivity index (χ0n) is 11.1. The average molecular weight is 259 g/mol. The molecule has 1 aliphatic carbocycles. The van der Waals surface area contributed by atoms with Crippen LogP contribution in [-0.2, 0) is 4.74 Å². The van der Waals surface area contributed by atoms with Crippen LogP contribution in [-0.4, -0.2) is 22.6 Å². The van der Waals surface area contributed by atoms with Gasteiger partial charge in [0.1, 0.15) is 5.82 Å². The van der Waals surface area contributed by atoms with E-state index in [0.717, 1.165) is 29.7 Å². The van der Waals surface area contributed by atoms with Gasteiger partial charge in [0.15, 0.2) is 0 Å². The highest BCUT2D eigenvalue weighted by atomic mass is 16.5. The Balaban J connectivity index is 2.31. The quantitative estimate of drug-likeness (QED) is 0.858. The second-order valence-corrected chi connectivity index (χ2v) is 5.02. The number of carbonyl (C=O) groups excluding carboxylic acids is 1. The Bertz CT molecular complexity index is 641. The normalized spacial score (nSPS) is 16.6. The van der Waals surface area contributed by atoms with Gasteiger partial charge < -0.3 is 15.0 Å². The Kier molecular flexibility index (Phi) is 2.78. The van der Waals surface area contributed by atoms with Gasteiger partial charge >= 0.3 is 5.97 Å². The van der Waals surface area contributed by atoms with Crippen molar-refractivity contribution in [2.75, 3.05) is 7.11 Å². The number of hydrogen-bond donors (Lipinski definition) is 1. The molecule has 1 heterocycles. The molecule has 5 nitrogen and oxygen atoms in total. The van der Waals surface area contributed by atoms with Crippen LogP contribution in [0.15, 0.2) is 18.2 Å². The van der Waals surface area contributed by atoms with E-state index < -0.39 is 0 Å². The van der Waals surface area contributed by atoms with Crippen LogP contribution < -0.4 is 5.73 Å². The van der Waals surface area contributed by atoms with Crippen LogP contribution in [0, 0.1) is 0 Å². The molecule has 0 radical (unpaired) electrons. The number of nitrogens with two attached hydrogens (primary N) is 1. The molecule has 0 amide bonds. The molecule has 1 aliphatic rings. The summed E-state index contributed by atoms with van der Waals surface area (Å²) in [6.07, 6.45) is 2.22. The molecule has 5 heteroatoms. The van der Waals surface area contributed by atoms with Crippen molar-refractivity contribution < 1.29 is 9.53 Å². The number of hydrogen-bond acceptors (Lipinski definition) is 4. The fourth-order valence-electron chi connectivity index (χ4n) is 2.46. The van der Waals surface area contributed by atoms with Crippen LogP contribution in [0.4, 0.5) is 0 Å². The summed E-state index contributed by atoms with van der Waals surface area (Å²) in [5, 5.41) is 0. The van der Waals surface area contributed by atoms with Crippen molar-refractivity contribution in [2.45, 2.75) is 31.8 Å². The van der Waals surface area contributed by atoms with E-state index in [1.807, 2.05) is 19.1 Å². The predicted molar refractivity (Wildman–Crippen MR) is 71.9 cm³/mol. The van der Waals surface area contributed by atoms with E-state index in [0.29, 0.717) is 11.6 Å². The zero-order chi connectivity index (χ0) is 13.6. The average Bonchev–Trinajstić information content (AvgIpc) is 3.16. The topological polar surface area (TPSA) is 70.1 Å². The lowest BCUT2D eigenvalue weighted by Crippen LogP contribution is -2.14. The van der Waals surface area contributed by atoms with Crippen molar-refractivity contribution >= 4 is 17.0 Å². The minimum absolute atomic E-state index is 0.154. The molecule has 3 rings (SSSR count). The molecule has 0 spiro atoms. The van der Waals surface area contributed by atoms with Gasteiger partial charge in [0.2, 0.25) is 0 Å². The van der Waals surface area contributed by atoms with E-state index in [-0.39, 0.29) is 12.0 Å². The van der Waals surface area contributed by atoms with Gasteiger partial charge in [-0.2, -0.15) is 0 Å². The first-order valence-electron chi connectivity index (χ1n) is 6.48. The molecule has 19 heavy (non-hydrogen) atoms. The molecule has 1 fully saturated rings. The summed E-state index contributed by atoms with van der Waals surface area (Å²) < 4.78 is 6.98. The summed E-state index contributed by atoms with van der Waals surface area (Å²) in [5.41, 5.74) is 8.22. The van der Waals surface area contributed by atoms with Crippen LogP contribution in [0.25, 0.3) is 11.0 Å². The Morgan fingerprint density at radius 1 is 1.53 bits per heavy atom. The number of benzene rings is 1. The van der Waals surface area contributed by atoms with Gasteiger partial charge in [-0.15, -0.1) is 0 Å². The molecular formula is C14H17N3O2. The molecule has 1 atom stereocenters. The first-order chi connectivity index (χ1) is 9.13. The van der Waals surface area contributed by atoms with Gasteiger partial charge in [-0.25, -0.2) is 9.78 Å². The maximum atomic E-state index is 11.9. The van der Waals surface area contributed by atoms with Crippen LogP contribution in [0.5, 0.6) is 0 Å². The number of carbonyl (C=O) groups is 1. The molecule has 0 aliphatic heterocycles. The SMILES string of the molecule is COC(=O)c1cccc2nc([C@H](C)N)n(C3CC3)c12. The van der Waals surface area contributed by atoms with Crippen LogP contribution in [0.1, 0.15) is 48.0 Å². The Labute approximate surface area is 111 Å². The first-order valence-corrected chi connectivity index (χ1v) is 6.48. The number of rotatable bonds is 3. The zero-order valence-corrected chi connectivity index (χ0v) is 11.1. The van der Waals surface area contributed by atoms with E-state index in [1.54, 1.807) is 6.07 Å². The number of para-hydroxylation sites is 1. The Hall–Kier alpha value is -1.88. The van der Waals surface area contributed by atoms with E-state index in [1.165, 1.54) is 7.11 Å². The van der Waals surface area contributed by atoms with Crippen molar-refractivity contribution in [2.24, 2.45) is 5.73 Å². The molecule has 0 bridgehead atoms. The fraction of sp³-hybridized carbons (Fsp3) is 0.429. The second kappa shape index (κ2) is 4.35. The maximum absolute atomic E-state index is 11.9. The summed E-state index contributed by atoms with van der Waals surface area (Å²) in [6, 6.07) is 5.77. The van der Waals surface area contributed by atoms with Gasteiger partial charge in [-0.3, -0.25) is 0 Å². The number of methoxy groups -OCH3 is 1. The summed E-state index contributed by atoms with van der Waals surface area (Å²) in [4.78, 5) is 16.5. The number of ether oxygens (including phenoxy) is 1. The molecule has 2 aromatic rings. The highest BCUT2D eigenvalue weighted by Gasteiger charge is 2.31. The highest BCUT2D eigenvalue weighted by molar-refractivity contribution is 6.02.